The van der Waals surface area contributed by atoms with Gasteiger partial charge in [-0.2, -0.15) is 12.6 Å². The Morgan fingerprint density at radius 3 is 2.52 bits per heavy atom. The number of nitrogens with zero attached hydrogens (tertiary/aromatic N) is 1. The van der Waals surface area contributed by atoms with Crippen LogP contribution >= 0.6 is 12.6 Å². The van der Waals surface area contributed by atoms with Gasteiger partial charge in [0.2, 0.25) is 0 Å². The third-order valence-corrected chi connectivity index (χ3v) is 5.18. The van der Waals surface area contributed by atoms with Crippen molar-refractivity contribution < 1.29 is 9.90 Å². The van der Waals surface area contributed by atoms with E-state index in [0.29, 0.717) is 0 Å². The molecule has 3 nitrogen and oxygen atoms in total. The van der Waals surface area contributed by atoms with Crippen molar-refractivity contribution in [3.63, 3.8) is 0 Å². The van der Waals surface area contributed by atoms with Crippen molar-refractivity contribution in [2.75, 3.05) is 5.75 Å². The molecule has 0 fully saturated rings. The molecule has 0 spiro atoms. The van der Waals surface area contributed by atoms with E-state index in [1.165, 1.54) is 42.2 Å². The molecule has 0 amide bonds. The van der Waals surface area contributed by atoms with E-state index in [2.05, 4.69) is 63.5 Å². The molecule has 1 atom stereocenters. The molecule has 1 aliphatic rings. The zero-order valence-electron chi connectivity index (χ0n) is 17.2. The highest BCUT2D eigenvalue weighted by Gasteiger charge is 2.26. The highest BCUT2D eigenvalue weighted by atomic mass is 32.1. The fourth-order valence-electron chi connectivity index (χ4n) is 3.14. The molecule has 1 N–H and O–H groups in total. The number of carboxylic acid groups (broad SMARTS) is 1. The number of rotatable bonds is 8. The van der Waals surface area contributed by atoms with Crippen LogP contribution in [0.15, 0.2) is 63.7 Å². The van der Waals surface area contributed by atoms with Crippen molar-refractivity contribution in [1.29, 1.82) is 0 Å². The van der Waals surface area contributed by atoms with Crippen molar-refractivity contribution in [2.24, 2.45) is 10.4 Å². The number of thiol groups is 1. The molecule has 0 aliphatic heterocycles. The minimum atomic E-state index is -0.959. The van der Waals surface area contributed by atoms with Gasteiger partial charge in [-0.3, -0.25) is 4.99 Å². The first-order valence-electron chi connectivity index (χ1n) is 9.44. The summed E-state index contributed by atoms with van der Waals surface area (Å²) < 4.78 is 0. The number of hydrogen-bond donors (Lipinski definition) is 2. The van der Waals surface area contributed by atoms with Crippen LogP contribution in [-0.2, 0) is 4.79 Å². The number of aliphatic imine (C=N–C) groups is 1. The van der Waals surface area contributed by atoms with E-state index in [9.17, 15) is 4.79 Å². The quantitative estimate of drug-likeness (QED) is 0.306. The first kappa shape index (κ1) is 23.2. The second-order valence-electron chi connectivity index (χ2n) is 7.78. The summed E-state index contributed by atoms with van der Waals surface area (Å²) in [4.78, 5) is 14.9. The zero-order chi connectivity index (χ0) is 20.4. The SMILES string of the molecule is CC1=C(/C=C/C(C)=C/C=C/C(C)=C/C=NC(CS)C(=O)O)C(C)(C)CCC1. The number of aliphatic carboxylic acids is 1. The molecule has 0 saturated carbocycles. The molecule has 1 unspecified atom stereocenters. The summed E-state index contributed by atoms with van der Waals surface area (Å²) >= 11 is 3.99. The van der Waals surface area contributed by atoms with Crippen molar-refractivity contribution >= 4 is 24.8 Å². The summed E-state index contributed by atoms with van der Waals surface area (Å²) in [5.74, 6) is -0.769. The average molecular weight is 388 g/mol. The van der Waals surface area contributed by atoms with E-state index in [1.54, 1.807) is 6.08 Å². The van der Waals surface area contributed by atoms with Gasteiger partial charge in [-0.05, 0) is 62.7 Å². The molecule has 27 heavy (non-hydrogen) atoms. The lowest BCUT2D eigenvalue weighted by atomic mass is 9.72. The summed E-state index contributed by atoms with van der Waals surface area (Å²) in [6, 6.07) is -0.796. The Bertz CT molecular complexity index is 706. The van der Waals surface area contributed by atoms with E-state index in [-0.39, 0.29) is 11.2 Å². The van der Waals surface area contributed by atoms with E-state index in [1.807, 2.05) is 19.1 Å². The first-order valence-corrected chi connectivity index (χ1v) is 10.1. The number of hydrogen-bond acceptors (Lipinski definition) is 3. The minimum Gasteiger partial charge on any atom is -0.480 e. The van der Waals surface area contributed by atoms with Crippen LogP contribution in [0.5, 0.6) is 0 Å². The lowest BCUT2D eigenvalue weighted by Crippen LogP contribution is -2.19. The summed E-state index contributed by atoms with van der Waals surface area (Å²) in [6.07, 6.45) is 17.6. The Morgan fingerprint density at radius 2 is 1.93 bits per heavy atom. The van der Waals surface area contributed by atoms with E-state index in [4.69, 9.17) is 5.11 Å². The van der Waals surface area contributed by atoms with Crippen LogP contribution in [0.25, 0.3) is 0 Å². The number of carboxylic acids is 1. The summed E-state index contributed by atoms with van der Waals surface area (Å²) in [6.45, 7) is 10.9. The van der Waals surface area contributed by atoms with Crippen LogP contribution in [0.4, 0.5) is 0 Å². The van der Waals surface area contributed by atoms with Gasteiger partial charge in [0.05, 0.1) is 0 Å². The zero-order valence-corrected chi connectivity index (χ0v) is 18.1. The molecule has 0 bridgehead atoms. The molecule has 4 heteroatoms. The van der Waals surface area contributed by atoms with Gasteiger partial charge >= 0.3 is 5.97 Å². The van der Waals surface area contributed by atoms with Gasteiger partial charge in [0.25, 0.3) is 0 Å². The number of carbonyl (C=O) groups is 1. The van der Waals surface area contributed by atoms with Crippen LogP contribution in [0.1, 0.15) is 53.9 Å². The Hall–Kier alpha value is -1.81. The molecule has 0 aromatic rings. The lowest BCUT2D eigenvalue weighted by Gasteiger charge is -2.32. The monoisotopic (exact) mass is 387 g/mol. The molecule has 1 rings (SSSR count). The van der Waals surface area contributed by atoms with Gasteiger partial charge < -0.3 is 5.11 Å². The van der Waals surface area contributed by atoms with Gasteiger partial charge in [0, 0.05) is 12.0 Å². The van der Waals surface area contributed by atoms with Gasteiger partial charge in [-0.1, -0.05) is 55.4 Å². The Kier molecular flexibility index (Phi) is 9.57. The second kappa shape index (κ2) is 11.1. The Balaban J connectivity index is 2.71. The maximum atomic E-state index is 10.9. The molecule has 0 heterocycles. The summed E-state index contributed by atoms with van der Waals surface area (Å²) in [5, 5.41) is 8.92. The normalized spacial score (nSPS) is 20.2. The Morgan fingerprint density at radius 1 is 1.26 bits per heavy atom. The Labute approximate surface area is 169 Å². The molecular formula is C23H33NO2S. The predicted octanol–water partition coefficient (Wildman–Crippen LogP) is 5.97. The van der Waals surface area contributed by atoms with Gasteiger partial charge in [0.15, 0.2) is 6.04 Å². The van der Waals surface area contributed by atoms with E-state index >= 15 is 0 Å². The molecule has 148 valence electrons. The maximum Gasteiger partial charge on any atom is 0.329 e. The molecule has 0 radical (unpaired) electrons. The lowest BCUT2D eigenvalue weighted by molar-refractivity contribution is -0.137. The topological polar surface area (TPSA) is 49.7 Å². The fraction of sp³-hybridized carbons (Fsp3) is 0.478. The average Bonchev–Trinajstić information content (AvgIpc) is 2.57. The van der Waals surface area contributed by atoms with Gasteiger partial charge in [0.1, 0.15) is 0 Å². The summed E-state index contributed by atoms with van der Waals surface area (Å²) in [7, 11) is 0. The van der Waals surface area contributed by atoms with Crippen molar-refractivity contribution in [1.82, 2.24) is 0 Å². The predicted molar refractivity (Wildman–Crippen MR) is 120 cm³/mol. The van der Waals surface area contributed by atoms with Crippen molar-refractivity contribution in [3.8, 4) is 0 Å². The molecule has 0 aromatic heterocycles. The largest absolute Gasteiger partial charge is 0.480 e. The molecule has 0 aromatic carbocycles. The van der Waals surface area contributed by atoms with Gasteiger partial charge in [-0.25, -0.2) is 4.79 Å². The van der Waals surface area contributed by atoms with Crippen molar-refractivity contribution in [2.45, 2.75) is 59.9 Å². The first-order chi connectivity index (χ1) is 12.7. The third kappa shape index (κ3) is 8.17. The number of allylic oxidation sites excluding steroid dienone is 10. The van der Waals surface area contributed by atoms with Gasteiger partial charge in [-0.15, -0.1) is 0 Å². The van der Waals surface area contributed by atoms with Crippen LogP contribution in [0, 0.1) is 5.41 Å². The molecular weight excluding hydrogens is 354 g/mol. The molecule has 1 aliphatic carbocycles. The van der Waals surface area contributed by atoms with Crippen molar-refractivity contribution in [3.05, 3.63) is 58.7 Å². The fourth-order valence-corrected chi connectivity index (χ4v) is 3.39. The van der Waals surface area contributed by atoms with Crippen LogP contribution in [-0.4, -0.2) is 29.1 Å². The smallest absolute Gasteiger partial charge is 0.329 e. The van der Waals surface area contributed by atoms with E-state index in [0.717, 1.165) is 5.57 Å². The molecule has 0 saturated heterocycles. The maximum absolute atomic E-state index is 10.9. The van der Waals surface area contributed by atoms with Crippen LogP contribution in [0.3, 0.4) is 0 Å². The highest BCUT2D eigenvalue weighted by molar-refractivity contribution is 7.80. The third-order valence-electron chi connectivity index (χ3n) is 4.84. The van der Waals surface area contributed by atoms with Crippen LogP contribution in [0.2, 0.25) is 0 Å². The minimum absolute atomic E-state index is 0.190. The van der Waals surface area contributed by atoms with E-state index < -0.39 is 12.0 Å². The second-order valence-corrected chi connectivity index (χ2v) is 8.15. The standard InChI is InChI=1S/C23H33NO2S/c1-17(11-12-20-19(3)10-7-14-23(20,4)5)8-6-9-18(2)13-15-24-21(16-27)22(25)26/h6,8-9,11-13,15,21,27H,7,10,14,16H2,1-5H3,(H,25,26)/b9-6+,12-11+,17-8+,18-13+,24-15?. The highest BCUT2D eigenvalue weighted by Crippen LogP contribution is 2.40. The summed E-state index contributed by atoms with van der Waals surface area (Å²) in [5.41, 5.74) is 5.42. The van der Waals surface area contributed by atoms with Crippen LogP contribution < -0.4 is 0 Å².